The average Bonchev–Trinajstić information content (AvgIpc) is 2.64. The van der Waals surface area contributed by atoms with Gasteiger partial charge in [-0.25, -0.2) is 4.98 Å². The molecule has 1 amide bonds. The van der Waals surface area contributed by atoms with Crippen LogP contribution in [-0.4, -0.2) is 46.5 Å². The summed E-state index contributed by atoms with van der Waals surface area (Å²) in [6, 6.07) is 10.8. The van der Waals surface area contributed by atoms with Crippen LogP contribution in [-0.2, 0) is 6.42 Å². The first-order valence-electron chi connectivity index (χ1n) is 8.64. The predicted molar refractivity (Wildman–Crippen MR) is 93.7 cm³/mol. The Morgan fingerprint density at radius 1 is 1.25 bits per heavy atom. The zero-order chi connectivity index (χ0) is 16.6. The second-order valence-corrected chi connectivity index (χ2v) is 6.29. The fourth-order valence-electron chi connectivity index (χ4n) is 3.20. The fourth-order valence-corrected chi connectivity index (χ4v) is 3.20. The Balaban J connectivity index is 1.43. The molecule has 3 rings (SSSR count). The molecular formula is C19H24N4O. The van der Waals surface area contributed by atoms with Crippen molar-refractivity contribution in [3.8, 4) is 0 Å². The third-order valence-electron chi connectivity index (χ3n) is 4.42. The van der Waals surface area contributed by atoms with E-state index in [0.717, 1.165) is 45.3 Å². The molecule has 24 heavy (non-hydrogen) atoms. The lowest BCUT2D eigenvalue weighted by Crippen LogP contribution is -2.48. The number of aromatic nitrogens is 2. The van der Waals surface area contributed by atoms with Crippen molar-refractivity contribution in [2.75, 3.05) is 19.6 Å². The number of nitrogens with one attached hydrogen (secondary N) is 1. The maximum Gasteiger partial charge on any atom is 0.271 e. The smallest absolute Gasteiger partial charge is 0.271 e. The summed E-state index contributed by atoms with van der Waals surface area (Å²) < 4.78 is 0. The van der Waals surface area contributed by atoms with Gasteiger partial charge in [0.15, 0.2) is 0 Å². The minimum atomic E-state index is -0.126. The van der Waals surface area contributed by atoms with Gasteiger partial charge in [-0.15, -0.1) is 0 Å². The maximum absolute atomic E-state index is 12.2. The van der Waals surface area contributed by atoms with Crippen LogP contribution in [0.2, 0.25) is 0 Å². The van der Waals surface area contributed by atoms with Crippen LogP contribution in [0.15, 0.2) is 48.9 Å². The highest BCUT2D eigenvalue weighted by molar-refractivity contribution is 5.92. The molecule has 5 heteroatoms. The van der Waals surface area contributed by atoms with Crippen LogP contribution in [0.1, 0.15) is 35.3 Å². The number of nitrogens with zero attached hydrogens (tertiary/aromatic N) is 3. The average molecular weight is 324 g/mol. The Labute approximate surface area is 143 Å². The van der Waals surface area contributed by atoms with E-state index in [2.05, 4.69) is 50.5 Å². The third-order valence-corrected chi connectivity index (χ3v) is 4.42. The first kappa shape index (κ1) is 16.6. The van der Waals surface area contributed by atoms with E-state index in [1.54, 1.807) is 12.4 Å². The number of amides is 1. The van der Waals surface area contributed by atoms with Crippen LogP contribution in [0.5, 0.6) is 0 Å². The summed E-state index contributed by atoms with van der Waals surface area (Å²) in [7, 11) is 0. The topological polar surface area (TPSA) is 58.1 Å². The second-order valence-electron chi connectivity index (χ2n) is 6.29. The Kier molecular flexibility index (Phi) is 5.90. The first-order chi connectivity index (χ1) is 11.8. The molecule has 0 spiro atoms. The number of carbonyl (C=O) groups is 1. The van der Waals surface area contributed by atoms with E-state index < -0.39 is 0 Å². The van der Waals surface area contributed by atoms with Crippen molar-refractivity contribution in [2.45, 2.75) is 31.7 Å². The molecule has 5 nitrogen and oxygen atoms in total. The number of aryl methyl sites for hydroxylation is 1. The molecule has 0 bridgehead atoms. The van der Waals surface area contributed by atoms with Crippen molar-refractivity contribution in [1.29, 1.82) is 0 Å². The van der Waals surface area contributed by atoms with Crippen LogP contribution in [0, 0.1) is 0 Å². The van der Waals surface area contributed by atoms with Crippen LogP contribution in [0.25, 0.3) is 0 Å². The highest BCUT2D eigenvalue weighted by Gasteiger charge is 2.21. The lowest BCUT2D eigenvalue weighted by atomic mass is 10.0. The monoisotopic (exact) mass is 324 g/mol. The van der Waals surface area contributed by atoms with Gasteiger partial charge in [0.05, 0.1) is 6.20 Å². The van der Waals surface area contributed by atoms with Crippen molar-refractivity contribution in [1.82, 2.24) is 20.2 Å². The van der Waals surface area contributed by atoms with Gasteiger partial charge in [-0.2, -0.15) is 0 Å². The molecule has 126 valence electrons. The van der Waals surface area contributed by atoms with Gasteiger partial charge in [-0.05, 0) is 44.3 Å². The first-order valence-corrected chi connectivity index (χ1v) is 8.64. The number of hydrogen-bond donors (Lipinski definition) is 1. The van der Waals surface area contributed by atoms with Gasteiger partial charge in [0, 0.05) is 25.0 Å². The SMILES string of the molecule is O=C(NC1CCCN(CCCc2ccccc2)C1)c1cnccn1. The molecule has 1 aliphatic heterocycles. The van der Waals surface area contributed by atoms with Gasteiger partial charge in [-0.1, -0.05) is 30.3 Å². The van der Waals surface area contributed by atoms with Crippen molar-refractivity contribution < 1.29 is 4.79 Å². The Hall–Kier alpha value is -2.27. The molecule has 1 aromatic heterocycles. The van der Waals surface area contributed by atoms with Crippen molar-refractivity contribution >= 4 is 5.91 Å². The molecule has 2 heterocycles. The van der Waals surface area contributed by atoms with Crippen molar-refractivity contribution in [3.63, 3.8) is 0 Å². The number of rotatable bonds is 6. The number of likely N-dealkylation sites (tertiary alicyclic amines) is 1. The molecule has 1 aliphatic rings. The maximum atomic E-state index is 12.2. The number of hydrogen-bond acceptors (Lipinski definition) is 4. The second kappa shape index (κ2) is 8.55. The lowest BCUT2D eigenvalue weighted by Gasteiger charge is -2.33. The van der Waals surface area contributed by atoms with E-state index >= 15 is 0 Å². The normalized spacial score (nSPS) is 18.2. The molecular weight excluding hydrogens is 300 g/mol. The molecule has 1 atom stereocenters. The van der Waals surface area contributed by atoms with Crippen molar-refractivity contribution in [3.05, 3.63) is 60.2 Å². The number of benzene rings is 1. The zero-order valence-electron chi connectivity index (χ0n) is 13.9. The summed E-state index contributed by atoms with van der Waals surface area (Å²) in [5.41, 5.74) is 1.78. The highest BCUT2D eigenvalue weighted by atomic mass is 16.1. The van der Waals surface area contributed by atoms with Gasteiger partial charge in [0.2, 0.25) is 0 Å². The molecule has 1 fully saturated rings. The van der Waals surface area contributed by atoms with Gasteiger partial charge in [0.25, 0.3) is 5.91 Å². The summed E-state index contributed by atoms with van der Waals surface area (Å²) >= 11 is 0. The summed E-state index contributed by atoms with van der Waals surface area (Å²) in [5.74, 6) is -0.126. The van der Waals surface area contributed by atoms with Crippen LogP contribution in [0.3, 0.4) is 0 Å². The van der Waals surface area contributed by atoms with Gasteiger partial charge in [0.1, 0.15) is 5.69 Å². The standard InChI is InChI=1S/C19H24N4O/c24-19(18-14-20-10-11-21-18)22-17-9-5-13-23(15-17)12-4-8-16-6-2-1-3-7-16/h1-3,6-7,10-11,14,17H,4-5,8-9,12-13,15H2,(H,22,24). The minimum Gasteiger partial charge on any atom is -0.347 e. The molecule has 2 aromatic rings. The molecule has 1 unspecified atom stereocenters. The Morgan fingerprint density at radius 2 is 2.12 bits per heavy atom. The molecule has 1 N–H and O–H groups in total. The van der Waals surface area contributed by atoms with E-state index in [-0.39, 0.29) is 11.9 Å². The van der Waals surface area contributed by atoms with Gasteiger partial charge in [-0.3, -0.25) is 9.78 Å². The summed E-state index contributed by atoms with van der Waals surface area (Å²) in [4.78, 5) is 22.6. The van der Waals surface area contributed by atoms with E-state index in [1.807, 2.05) is 0 Å². The quantitative estimate of drug-likeness (QED) is 0.886. The van der Waals surface area contributed by atoms with Gasteiger partial charge >= 0.3 is 0 Å². The van der Waals surface area contributed by atoms with E-state index in [0.29, 0.717) is 5.69 Å². The Morgan fingerprint density at radius 3 is 2.92 bits per heavy atom. The molecule has 1 saturated heterocycles. The van der Waals surface area contributed by atoms with Crippen LogP contribution in [0.4, 0.5) is 0 Å². The summed E-state index contributed by atoms with van der Waals surface area (Å²) in [5, 5.41) is 3.09. The molecule has 0 saturated carbocycles. The third kappa shape index (κ3) is 4.86. The van der Waals surface area contributed by atoms with Crippen LogP contribution >= 0.6 is 0 Å². The minimum absolute atomic E-state index is 0.126. The number of carbonyl (C=O) groups excluding carboxylic acids is 1. The fraction of sp³-hybridized carbons (Fsp3) is 0.421. The van der Waals surface area contributed by atoms with Gasteiger partial charge < -0.3 is 10.2 Å². The molecule has 1 aromatic carbocycles. The van der Waals surface area contributed by atoms with E-state index in [1.165, 1.54) is 11.8 Å². The highest BCUT2D eigenvalue weighted by Crippen LogP contribution is 2.12. The largest absolute Gasteiger partial charge is 0.347 e. The molecule has 0 aliphatic carbocycles. The van der Waals surface area contributed by atoms with E-state index in [9.17, 15) is 4.79 Å². The summed E-state index contributed by atoms with van der Waals surface area (Å²) in [6.07, 6.45) is 9.04. The molecule has 0 radical (unpaired) electrons. The Bertz CT molecular complexity index is 632. The lowest BCUT2D eigenvalue weighted by molar-refractivity contribution is 0.0898. The zero-order valence-corrected chi connectivity index (χ0v) is 13.9. The van der Waals surface area contributed by atoms with Crippen molar-refractivity contribution in [2.24, 2.45) is 0 Å². The van der Waals surface area contributed by atoms with E-state index in [4.69, 9.17) is 0 Å². The summed E-state index contributed by atoms with van der Waals surface area (Å²) in [6.45, 7) is 3.11. The number of piperidine rings is 1. The van der Waals surface area contributed by atoms with Crippen LogP contribution < -0.4 is 5.32 Å². The predicted octanol–water partition coefficient (Wildman–Crippen LogP) is 2.30.